The van der Waals surface area contributed by atoms with Gasteiger partial charge in [0.05, 0.1) is 37.4 Å². The van der Waals surface area contributed by atoms with Gasteiger partial charge in [-0.3, -0.25) is 4.79 Å². The summed E-state index contributed by atoms with van der Waals surface area (Å²) in [5.74, 6) is 2.18. The molecule has 4 heterocycles. The van der Waals surface area contributed by atoms with Crippen molar-refractivity contribution in [3.05, 3.63) is 47.9 Å². The van der Waals surface area contributed by atoms with E-state index in [1.165, 1.54) is 45.2 Å². The molecule has 0 bridgehead atoms. The molecular weight excluding hydrogens is 456 g/mol. The van der Waals surface area contributed by atoms with E-state index in [1.54, 1.807) is 31.3 Å². The third kappa shape index (κ3) is 4.80. The Morgan fingerprint density at radius 3 is 2.81 bits per heavy atom. The molecule has 5 rings (SSSR count). The fourth-order valence-electron chi connectivity index (χ4n) is 5.58. The maximum atomic E-state index is 13.1. The van der Waals surface area contributed by atoms with Crippen molar-refractivity contribution in [2.24, 2.45) is 5.92 Å². The fourth-order valence-corrected chi connectivity index (χ4v) is 5.58. The summed E-state index contributed by atoms with van der Waals surface area (Å²) in [6.45, 7) is 4.96. The molecule has 0 aliphatic carbocycles. The number of rotatable bonds is 7. The lowest BCUT2D eigenvalue weighted by Gasteiger charge is -2.44. The van der Waals surface area contributed by atoms with Crippen LogP contribution in [0.4, 0.5) is 0 Å². The number of benzene rings is 1. The topological polar surface area (TPSA) is 94.4 Å². The summed E-state index contributed by atoms with van der Waals surface area (Å²) in [7, 11) is 3.24. The molecular formula is C27H34N6O3. The predicted octanol–water partition coefficient (Wildman–Crippen LogP) is 3.65. The van der Waals surface area contributed by atoms with E-state index in [-0.39, 0.29) is 5.91 Å². The third-order valence-corrected chi connectivity index (χ3v) is 7.52. The van der Waals surface area contributed by atoms with Crippen LogP contribution < -0.4 is 14.8 Å². The van der Waals surface area contributed by atoms with Crippen molar-refractivity contribution in [3.8, 4) is 28.7 Å². The second-order valence-electron chi connectivity index (χ2n) is 9.57. The summed E-state index contributed by atoms with van der Waals surface area (Å²) in [5.41, 5.74) is 2.70. The first-order valence-electron chi connectivity index (χ1n) is 12.7. The van der Waals surface area contributed by atoms with Gasteiger partial charge in [-0.1, -0.05) is 6.42 Å². The number of ether oxygens (including phenoxy) is 2. The molecule has 2 fully saturated rings. The molecule has 9 heteroatoms. The molecule has 9 nitrogen and oxygen atoms in total. The highest BCUT2D eigenvalue weighted by Crippen LogP contribution is 2.33. The minimum atomic E-state index is -0.0997. The zero-order valence-electron chi connectivity index (χ0n) is 21.2. The van der Waals surface area contributed by atoms with Gasteiger partial charge in [0, 0.05) is 24.3 Å². The van der Waals surface area contributed by atoms with E-state index in [0.717, 1.165) is 5.56 Å². The fraction of sp³-hybridized carbons (Fsp3) is 0.481. The van der Waals surface area contributed by atoms with E-state index in [0.29, 0.717) is 52.9 Å². The highest BCUT2D eigenvalue weighted by atomic mass is 16.5. The highest BCUT2D eigenvalue weighted by Gasteiger charge is 2.33. The number of carbonyl (C=O) groups excluding carboxylic acids is 1. The van der Waals surface area contributed by atoms with Crippen LogP contribution in [0.1, 0.15) is 48.2 Å². The largest absolute Gasteiger partial charge is 0.497 e. The van der Waals surface area contributed by atoms with E-state index in [2.05, 4.69) is 20.3 Å². The molecule has 0 saturated carbocycles. The van der Waals surface area contributed by atoms with Crippen LogP contribution in [0.2, 0.25) is 0 Å². The Hall–Kier alpha value is -3.46. The van der Waals surface area contributed by atoms with Crippen LogP contribution in [0, 0.1) is 12.8 Å². The minimum Gasteiger partial charge on any atom is -0.497 e. The van der Waals surface area contributed by atoms with Crippen LogP contribution in [0.25, 0.3) is 17.2 Å². The Balaban J connectivity index is 1.33. The monoisotopic (exact) mass is 490 g/mol. The smallest absolute Gasteiger partial charge is 0.254 e. The molecule has 2 aromatic heterocycles. The number of hydrogen-bond acceptors (Lipinski definition) is 7. The van der Waals surface area contributed by atoms with Gasteiger partial charge in [0.25, 0.3) is 11.9 Å². The van der Waals surface area contributed by atoms with Crippen molar-refractivity contribution in [3.63, 3.8) is 0 Å². The van der Waals surface area contributed by atoms with Gasteiger partial charge in [0.15, 0.2) is 0 Å². The van der Waals surface area contributed by atoms with Crippen LogP contribution in [-0.2, 0) is 0 Å². The van der Waals surface area contributed by atoms with Gasteiger partial charge >= 0.3 is 0 Å². The molecule has 2 aliphatic rings. The average Bonchev–Trinajstić information content (AvgIpc) is 3.32. The number of aromatic nitrogens is 4. The Morgan fingerprint density at radius 2 is 1.97 bits per heavy atom. The van der Waals surface area contributed by atoms with Crippen molar-refractivity contribution >= 4 is 5.91 Å². The molecule has 2 atom stereocenters. The van der Waals surface area contributed by atoms with E-state index < -0.39 is 0 Å². The molecule has 2 saturated heterocycles. The van der Waals surface area contributed by atoms with Gasteiger partial charge < -0.3 is 19.7 Å². The number of nitrogens with one attached hydrogen (secondary N) is 1. The summed E-state index contributed by atoms with van der Waals surface area (Å²) < 4.78 is 12.5. The molecule has 0 spiro atoms. The van der Waals surface area contributed by atoms with Gasteiger partial charge in [-0.15, -0.1) is 0 Å². The maximum Gasteiger partial charge on any atom is 0.254 e. The molecule has 0 radical (unpaired) electrons. The van der Waals surface area contributed by atoms with Crippen LogP contribution in [0.15, 0.2) is 36.7 Å². The summed E-state index contributed by atoms with van der Waals surface area (Å²) >= 11 is 0. The van der Waals surface area contributed by atoms with E-state index in [4.69, 9.17) is 14.5 Å². The van der Waals surface area contributed by atoms with Crippen molar-refractivity contribution in [2.45, 2.75) is 45.1 Å². The predicted molar refractivity (Wildman–Crippen MR) is 137 cm³/mol. The Labute approximate surface area is 211 Å². The average molecular weight is 491 g/mol. The quantitative estimate of drug-likeness (QED) is 0.540. The summed E-state index contributed by atoms with van der Waals surface area (Å²) in [5, 5.41) is 7.63. The zero-order valence-corrected chi connectivity index (χ0v) is 21.2. The SMILES string of the molecule is COc1ccc(OC)c(-c2ccnc(-n3ncc(C(=O)NC[C@@H]4CCCN5CCCC[C@H]45)c3C)n2)c1. The van der Waals surface area contributed by atoms with Gasteiger partial charge in [0.1, 0.15) is 11.5 Å². The summed E-state index contributed by atoms with van der Waals surface area (Å²) in [6.07, 6.45) is 9.48. The van der Waals surface area contributed by atoms with Gasteiger partial charge in [-0.05, 0) is 75.9 Å². The molecule has 2 aliphatic heterocycles. The van der Waals surface area contributed by atoms with Crippen LogP contribution in [0.3, 0.4) is 0 Å². The van der Waals surface area contributed by atoms with E-state index in [1.807, 2.05) is 31.2 Å². The zero-order chi connectivity index (χ0) is 25.1. The number of carbonyl (C=O) groups is 1. The molecule has 1 N–H and O–H groups in total. The number of piperidine rings is 2. The minimum absolute atomic E-state index is 0.0997. The molecule has 0 unspecified atom stereocenters. The second kappa shape index (κ2) is 10.7. The first kappa shape index (κ1) is 24.2. The lowest BCUT2D eigenvalue weighted by atomic mass is 9.83. The number of hydrogen-bond donors (Lipinski definition) is 1. The highest BCUT2D eigenvalue weighted by molar-refractivity contribution is 5.95. The van der Waals surface area contributed by atoms with E-state index in [9.17, 15) is 4.79 Å². The van der Waals surface area contributed by atoms with Gasteiger partial charge in [-0.25, -0.2) is 14.6 Å². The molecule has 3 aromatic rings. The Bertz CT molecular complexity index is 1220. The number of methoxy groups -OCH3 is 2. The Morgan fingerprint density at radius 1 is 1.11 bits per heavy atom. The first-order valence-corrected chi connectivity index (χ1v) is 12.7. The number of nitrogens with zero attached hydrogens (tertiary/aromatic N) is 5. The Kier molecular flexibility index (Phi) is 7.18. The van der Waals surface area contributed by atoms with E-state index >= 15 is 0 Å². The van der Waals surface area contributed by atoms with Crippen molar-refractivity contribution in [1.82, 2.24) is 30.0 Å². The maximum absolute atomic E-state index is 13.1. The van der Waals surface area contributed by atoms with Gasteiger partial charge in [-0.2, -0.15) is 5.10 Å². The molecule has 190 valence electrons. The van der Waals surface area contributed by atoms with Crippen molar-refractivity contribution in [2.75, 3.05) is 33.9 Å². The number of amides is 1. The normalized spacial score (nSPS) is 20.0. The summed E-state index contributed by atoms with van der Waals surface area (Å²) in [6, 6.07) is 7.97. The summed E-state index contributed by atoms with van der Waals surface area (Å²) in [4.78, 5) is 24.8. The first-order chi connectivity index (χ1) is 17.6. The van der Waals surface area contributed by atoms with Crippen LogP contribution >= 0.6 is 0 Å². The van der Waals surface area contributed by atoms with Crippen LogP contribution in [0.5, 0.6) is 11.5 Å². The molecule has 1 aromatic carbocycles. The lowest BCUT2D eigenvalue weighted by Crippen LogP contribution is -2.51. The van der Waals surface area contributed by atoms with Crippen LogP contribution in [-0.4, -0.2) is 70.5 Å². The second-order valence-corrected chi connectivity index (χ2v) is 9.57. The van der Waals surface area contributed by atoms with Gasteiger partial charge in [0.2, 0.25) is 0 Å². The standard InChI is InChI=1S/C27H34N6O3/c1-18-22(26(34)29-16-19-7-6-14-32-13-5-4-8-24(19)32)17-30-33(18)27-28-12-11-23(31-27)21-15-20(35-2)9-10-25(21)36-3/h9-12,15,17,19,24H,4-8,13-14,16H2,1-3H3,(H,29,34)/t19-,24+/m0/s1. The third-order valence-electron chi connectivity index (χ3n) is 7.52. The molecule has 1 amide bonds. The molecule has 36 heavy (non-hydrogen) atoms. The van der Waals surface area contributed by atoms with Crippen molar-refractivity contribution < 1.29 is 14.3 Å². The number of fused-ring (bicyclic) bond motifs is 1. The lowest BCUT2D eigenvalue weighted by molar-refractivity contribution is 0.0575. The van der Waals surface area contributed by atoms with Crippen molar-refractivity contribution in [1.29, 1.82) is 0 Å².